The molecule has 3 aromatic rings. The number of hydrogen-bond acceptors (Lipinski definition) is 12. The average molecular weight is 1110 g/mol. The van der Waals surface area contributed by atoms with Crippen molar-refractivity contribution in [2.75, 3.05) is 19.6 Å². The Morgan fingerprint density at radius 3 is 2.06 bits per heavy atom. The highest BCUT2D eigenvalue weighted by molar-refractivity contribution is 5.98. The molecule has 25 nitrogen and oxygen atoms in total. The SMILES string of the molecule is CC(=O)N[C@@H](CCCN=C(N)N)C(=O)N[C@H]1CCC(=O)NCCC[C@@H](C(=O)O)NC(=O)[C@H](Cc2c[nH]c3ccccc23)CC(=O)[C@H](CCCN=C(N)N)CC(=O)[C@@H](Cc2cc(F)c(F)c(F)c2)NC(=O)[C@H](CCC(N)=O)NC1=O. The van der Waals surface area contributed by atoms with E-state index < -0.39 is 163 Å². The number of H-pyrrole nitrogens is 1. The largest absolute Gasteiger partial charge is 0.480 e. The second-order valence-electron chi connectivity index (χ2n) is 19.1. The van der Waals surface area contributed by atoms with Gasteiger partial charge in [-0.2, -0.15) is 0 Å². The number of carboxylic acids is 1. The normalized spacial score (nSPS) is 20.8. The molecule has 28 heteroatoms. The molecule has 1 fully saturated rings. The van der Waals surface area contributed by atoms with Gasteiger partial charge in [0.2, 0.25) is 41.4 Å². The number of para-hydroxylation sites is 1. The standard InChI is InChI=1S/C51H69F3N14O11/c1-26(69)64-35(10-5-18-62-51(58)59)46(75)66-37-13-15-43(73)60-16-6-11-38(49(78)79)67-45(74)29(22-30-25-63-34-9-3-2-8-31(30)34)24-40(70)28(7-4-17-61-50(56)57)23-41(71)39(21-27-19-32(52)44(54)33(53)20-27)68-48(77)36(65-47(37)76)12-14-42(55)72/h2-3,8-9,19-20,25,28-29,35-39,63H,4-7,10-18,21-24H2,1H3,(H2,55,72)(H,60,73)(H,64,69)(H,65,76)(H,66,75)(H,67,74)(H,68,77)(H,78,79)(H4,56,57,61)(H4,58,59,62)/t28-,29-,35+,36+,37+,38+,39-/m1/s1. The van der Waals surface area contributed by atoms with Crippen molar-refractivity contribution in [3.05, 3.63) is 71.2 Å². The number of carboxylic acid groups (broad SMARTS) is 1. The molecule has 1 aromatic heterocycles. The van der Waals surface area contributed by atoms with Crippen LogP contribution >= 0.6 is 0 Å². The fourth-order valence-electron chi connectivity index (χ4n) is 8.85. The van der Waals surface area contributed by atoms with Crippen LogP contribution in [0.25, 0.3) is 10.9 Å². The summed E-state index contributed by atoms with van der Waals surface area (Å²) in [6.07, 6.45) is -2.72. The van der Waals surface area contributed by atoms with Gasteiger partial charge in [0.1, 0.15) is 30.0 Å². The number of aromatic amines is 1. The van der Waals surface area contributed by atoms with Gasteiger partial charge in [-0.05, 0) is 93.5 Å². The number of aliphatic imine (C=N–C) groups is 2. The molecule has 0 aliphatic carbocycles. The first-order chi connectivity index (χ1) is 37.4. The molecular weight excluding hydrogens is 1040 g/mol. The van der Waals surface area contributed by atoms with E-state index in [2.05, 4.69) is 46.9 Å². The van der Waals surface area contributed by atoms with E-state index in [-0.39, 0.29) is 82.1 Å². The minimum Gasteiger partial charge on any atom is -0.480 e. The number of aromatic nitrogens is 1. The van der Waals surface area contributed by atoms with Crippen molar-refractivity contribution in [3.63, 3.8) is 0 Å². The van der Waals surface area contributed by atoms with E-state index in [1.807, 2.05) is 0 Å². The Morgan fingerprint density at radius 2 is 1.42 bits per heavy atom. The van der Waals surface area contributed by atoms with Crippen molar-refractivity contribution in [1.29, 1.82) is 0 Å². The topological polar surface area (TPSA) is 434 Å². The molecule has 430 valence electrons. The quantitative estimate of drug-likeness (QED) is 0.0300. The number of halogens is 3. The second-order valence-corrected chi connectivity index (χ2v) is 19.1. The number of primary amides is 1. The van der Waals surface area contributed by atoms with Crippen molar-refractivity contribution in [2.45, 2.75) is 127 Å². The summed E-state index contributed by atoms with van der Waals surface area (Å²) in [5.74, 6) is -17.6. The van der Waals surface area contributed by atoms with Crippen LogP contribution < -0.4 is 60.6 Å². The number of guanidine groups is 2. The molecule has 1 aliphatic rings. The summed E-state index contributed by atoms with van der Waals surface area (Å²) in [7, 11) is 0. The molecule has 7 atom stereocenters. The number of carbonyl (C=O) groups is 10. The third kappa shape index (κ3) is 21.0. The Hall–Kier alpha value is -8.59. The third-order valence-corrected chi connectivity index (χ3v) is 12.9. The molecule has 2 aromatic carbocycles. The van der Waals surface area contributed by atoms with E-state index in [0.29, 0.717) is 28.6 Å². The van der Waals surface area contributed by atoms with Crippen LogP contribution in [0.1, 0.15) is 95.1 Å². The number of nitrogens with one attached hydrogen (secondary N) is 7. The number of ketones is 2. The Kier molecular flexibility index (Phi) is 24.7. The first-order valence-corrected chi connectivity index (χ1v) is 25.5. The van der Waals surface area contributed by atoms with Crippen molar-refractivity contribution >= 4 is 81.7 Å². The molecular formula is C51H69F3N14O11. The maximum Gasteiger partial charge on any atom is 0.326 e. The van der Waals surface area contributed by atoms with Gasteiger partial charge in [0, 0.05) is 81.2 Å². The average Bonchev–Trinajstić information content (AvgIpc) is 3.79. The Labute approximate surface area is 452 Å². The predicted molar refractivity (Wildman–Crippen MR) is 281 cm³/mol. The predicted octanol–water partition coefficient (Wildman–Crippen LogP) is -0.887. The molecule has 79 heavy (non-hydrogen) atoms. The fourth-order valence-corrected chi connectivity index (χ4v) is 8.85. The second kappa shape index (κ2) is 31.0. The maximum atomic E-state index is 14.7. The molecule has 18 N–H and O–H groups in total. The lowest BCUT2D eigenvalue weighted by atomic mass is 9.83. The number of hydrogen-bond donors (Lipinski definition) is 13. The van der Waals surface area contributed by atoms with E-state index in [0.717, 1.165) is 6.92 Å². The number of Topliss-reactive ketones (excluding diaryl/α,β-unsaturated/α-hetero) is 2. The molecule has 0 saturated carbocycles. The van der Waals surface area contributed by atoms with Gasteiger partial charge in [-0.3, -0.25) is 53.1 Å². The van der Waals surface area contributed by atoms with Gasteiger partial charge in [0.05, 0.1) is 6.04 Å². The number of benzene rings is 2. The fraction of sp³-hybridized carbons (Fsp3) is 0.490. The monoisotopic (exact) mass is 1110 g/mol. The summed E-state index contributed by atoms with van der Waals surface area (Å²) < 4.78 is 43.7. The number of rotatable bonds is 19. The minimum atomic E-state index is -1.84. The molecule has 0 unspecified atom stereocenters. The molecule has 0 spiro atoms. The van der Waals surface area contributed by atoms with Crippen LogP contribution in [-0.4, -0.2) is 131 Å². The molecule has 1 aliphatic heterocycles. The van der Waals surface area contributed by atoms with E-state index in [4.69, 9.17) is 28.7 Å². The van der Waals surface area contributed by atoms with Crippen molar-refractivity contribution in [1.82, 2.24) is 36.9 Å². The zero-order valence-electron chi connectivity index (χ0n) is 43.5. The summed E-state index contributed by atoms with van der Waals surface area (Å²) in [5.41, 5.74) is 28.3. The van der Waals surface area contributed by atoms with Gasteiger partial charge >= 0.3 is 5.97 Å². The first kappa shape index (κ1) is 62.9. The maximum absolute atomic E-state index is 14.7. The lowest BCUT2D eigenvalue weighted by Gasteiger charge is -2.27. The van der Waals surface area contributed by atoms with E-state index in [9.17, 15) is 66.2 Å². The van der Waals surface area contributed by atoms with Crippen LogP contribution in [0.15, 0.2) is 52.6 Å². The van der Waals surface area contributed by atoms with Gasteiger partial charge in [-0.15, -0.1) is 0 Å². The van der Waals surface area contributed by atoms with Crippen molar-refractivity contribution in [3.8, 4) is 0 Å². The van der Waals surface area contributed by atoms with Gasteiger partial charge in [0.15, 0.2) is 35.2 Å². The lowest BCUT2D eigenvalue weighted by molar-refractivity contribution is -0.143. The number of carbonyl (C=O) groups excluding carboxylic acids is 9. The summed E-state index contributed by atoms with van der Waals surface area (Å²) >= 11 is 0. The highest BCUT2D eigenvalue weighted by atomic mass is 19.2. The van der Waals surface area contributed by atoms with Crippen LogP contribution in [0.5, 0.6) is 0 Å². The number of nitrogens with two attached hydrogens (primary N) is 5. The van der Waals surface area contributed by atoms with E-state index in [1.54, 1.807) is 30.5 Å². The van der Waals surface area contributed by atoms with Crippen LogP contribution in [0.4, 0.5) is 13.2 Å². The zero-order chi connectivity index (χ0) is 58.3. The zero-order valence-corrected chi connectivity index (χ0v) is 43.5. The molecule has 7 amide bonds. The number of aliphatic carboxylic acids is 1. The van der Waals surface area contributed by atoms with E-state index in [1.165, 1.54) is 0 Å². The number of nitrogens with zero attached hydrogens (tertiary/aromatic N) is 2. The van der Waals surface area contributed by atoms with Crippen molar-refractivity contribution < 1.29 is 66.2 Å². The van der Waals surface area contributed by atoms with Gasteiger partial charge in [-0.25, -0.2) is 18.0 Å². The lowest BCUT2D eigenvalue weighted by Crippen LogP contribution is -2.58. The van der Waals surface area contributed by atoms with E-state index >= 15 is 0 Å². The molecule has 4 rings (SSSR count). The Balaban J connectivity index is 1.83. The summed E-state index contributed by atoms with van der Waals surface area (Å²) in [5, 5.41) is 25.9. The van der Waals surface area contributed by atoms with Crippen LogP contribution in [-0.2, 0) is 60.8 Å². The minimum absolute atomic E-state index is 0.0110. The van der Waals surface area contributed by atoms with Crippen LogP contribution in [0.3, 0.4) is 0 Å². The van der Waals surface area contributed by atoms with Gasteiger partial charge < -0.3 is 70.7 Å². The first-order valence-electron chi connectivity index (χ1n) is 25.5. The Bertz CT molecular complexity index is 2740. The Morgan fingerprint density at radius 1 is 0.772 bits per heavy atom. The molecule has 0 radical (unpaired) electrons. The summed E-state index contributed by atoms with van der Waals surface area (Å²) in [4.78, 5) is 147. The summed E-state index contributed by atoms with van der Waals surface area (Å²) in [6, 6.07) is 0.132. The molecule has 0 bridgehead atoms. The molecule has 1 saturated heterocycles. The smallest absolute Gasteiger partial charge is 0.326 e. The number of amides is 7. The van der Waals surface area contributed by atoms with Gasteiger partial charge in [0.25, 0.3) is 0 Å². The van der Waals surface area contributed by atoms with Gasteiger partial charge in [-0.1, -0.05) is 18.2 Å². The third-order valence-electron chi connectivity index (χ3n) is 12.9. The summed E-state index contributed by atoms with van der Waals surface area (Å²) in [6.45, 7) is 1.00. The highest BCUT2D eigenvalue weighted by Gasteiger charge is 2.36. The van der Waals surface area contributed by atoms with Crippen LogP contribution in [0.2, 0.25) is 0 Å². The molecule has 2 heterocycles. The number of fused-ring (bicyclic) bond motifs is 1. The highest BCUT2D eigenvalue weighted by Crippen LogP contribution is 2.27. The van der Waals surface area contributed by atoms with Crippen molar-refractivity contribution in [2.24, 2.45) is 50.5 Å². The van der Waals surface area contributed by atoms with Crippen LogP contribution in [0, 0.1) is 29.3 Å².